The van der Waals surface area contributed by atoms with Gasteiger partial charge >= 0.3 is 6.09 Å². The van der Waals surface area contributed by atoms with Gasteiger partial charge in [0.05, 0.1) is 18.5 Å². The molecule has 1 N–H and O–H groups in total. The van der Waals surface area contributed by atoms with Crippen molar-refractivity contribution in [3.8, 4) is 0 Å². The lowest BCUT2D eigenvalue weighted by atomic mass is 10.1. The van der Waals surface area contributed by atoms with Gasteiger partial charge in [0, 0.05) is 31.9 Å². The maximum Gasteiger partial charge on any atom is 0.409 e. The van der Waals surface area contributed by atoms with Crippen molar-refractivity contribution in [1.29, 1.82) is 0 Å². The van der Waals surface area contributed by atoms with Gasteiger partial charge in [0.15, 0.2) is 0 Å². The molecule has 2 heterocycles. The number of nitrogens with one attached hydrogen (secondary N) is 1. The quantitative estimate of drug-likeness (QED) is 0.879. The van der Waals surface area contributed by atoms with Gasteiger partial charge in [-0.05, 0) is 50.1 Å². The third-order valence-corrected chi connectivity index (χ3v) is 5.00. The lowest BCUT2D eigenvalue weighted by Crippen LogP contribution is -2.49. The highest BCUT2D eigenvalue weighted by atomic mass is 16.6. The van der Waals surface area contributed by atoms with Crippen LogP contribution in [0.25, 0.3) is 0 Å². The van der Waals surface area contributed by atoms with Crippen molar-refractivity contribution in [2.75, 3.05) is 43.0 Å². The molecule has 1 aromatic heterocycles. The summed E-state index contributed by atoms with van der Waals surface area (Å²) in [6.07, 6.45) is 1.44. The molecule has 1 aliphatic rings. The van der Waals surface area contributed by atoms with E-state index >= 15 is 0 Å². The van der Waals surface area contributed by atoms with Crippen LogP contribution >= 0.6 is 0 Å². The molecule has 0 bridgehead atoms. The molecule has 0 aliphatic carbocycles. The Balaban J connectivity index is 1.60. The summed E-state index contributed by atoms with van der Waals surface area (Å²) in [5.41, 5.74) is 4.28. The van der Waals surface area contributed by atoms with Crippen molar-refractivity contribution in [3.05, 3.63) is 53.3 Å². The van der Waals surface area contributed by atoms with E-state index in [0.717, 1.165) is 22.5 Å². The summed E-state index contributed by atoms with van der Waals surface area (Å²) in [7, 11) is 0. The topological polar surface area (TPSA) is 74.8 Å². The van der Waals surface area contributed by atoms with Crippen LogP contribution in [-0.4, -0.2) is 54.7 Å². The highest BCUT2D eigenvalue weighted by Gasteiger charge is 2.22. The van der Waals surface area contributed by atoms with Crippen molar-refractivity contribution in [2.45, 2.75) is 20.8 Å². The van der Waals surface area contributed by atoms with Crippen LogP contribution in [0.2, 0.25) is 0 Å². The predicted octanol–water partition coefficient (Wildman–Crippen LogP) is 3.23. The highest BCUT2D eigenvalue weighted by Crippen LogP contribution is 2.20. The Morgan fingerprint density at radius 1 is 1.11 bits per heavy atom. The Morgan fingerprint density at radius 3 is 2.50 bits per heavy atom. The molecule has 7 heteroatoms. The number of carbonyl (C=O) groups excluding carboxylic acids is 2. The van der Waals surface area contributed by atoms with E-state index in [9.17, 15) is 9.59 Å². The molecule has 0 atom stereocenters. The third-order valence-electron chi connectivity index (χ3n) is 5.00. The number of amides is 2. The average molecular weight is 382 g/mol. The largest absolute Gasteiger partial charge is 0.450 e. The van der Waals surface area contributed by atoms with Crippen molar-refractivity contribution < 1.29 is 14.3 Å². The fraction of sp³-hybridized carbons (Fsp3) is 0.381. The molecule has 1 aromatic carbocycles. The van der Waals surface area contributed by atoms with Crippen molar-refractivity contribution in [1.82, 2.24) is 9.88 Å². The number of anilines is 2. The summed E-state index contributed by atoms with van der Waals surface area (Å²) in [6.45, 7) is 8.80. The SMILES string of the molecule is CCOC(=O)N1CCN(c2ccc(C(=O)Nc3cccc(C)c3C)nc2)CC1. The van der Waals surface area contributed by atoms with Crippen LogP contribution in [0.1, 0.15) is 28.5 Å². The summed E-state index contributed by atoms with van der Waals surface area (Å²) in [4.78, 5) is 32.5. The third kappa shape index (κ3) is 4.42. The molecule has 0 saturated carbocycles. The molecular formula is C21H26N4O3. The Hall–Kier alpha value is -3.09. The van der Waals surface area contributed by atoms with Gasteiger partial charge in [-0.15, -0.1) is 0 Å². The predicted molar refractivity (Wildman–Crippen MR) is 109 cm³/mol. The van der Waals surface area contributed by atoms with Crippen LogP contribution in [-0.2, 0) is 4.74 Å². The smallest absolute Gasteiger partial charge is 0.409 e. The van der Waals surface area contributed by atoms with E-state index in [-0.39, 0.29) is 12.0 Å². The maximum atomic E-state index is 12.5. The zero-order valence-electron chi connectivity index (χ0n) is 16.6. The second-order valence-electron chi connectivity index (χ2n) is 6.78. The molecule has 2 amide bonds. The standard InChI is InChI=1S/C21H26N4O3/c1-4-28-21(27)25-12-10-24(11-13-25)17-8-9-19(22-14-17)20(26)23-18-7-5-6-15(2)16(18)3/h5-9,14H,4,10-13H2,1-3H3,(H,23,26). The fourth-order valence-corrected chi connectivity index (χ4v) is 3.14. The van der Waals surface area contributed by atoms with Crippen molar-refractivity contribution in [3.63, 3.8) is 0 Å². The number of rotatable bonds is 4. The van der Waals surface area contributed by atoms with Gasteiger partial charge in [-0.2, -0.15) is 0 Å². The first-order valence-corrected chi connectivity index (χ1v) is 9.50. The maximum absolute atomic E-state index is 12.5. The monoisotopic (exact) mass is 382 g/mol. The average Bonchev–Trinajstić information content (AvgIpc) is 2.72. The number of piperazine rings is 1. The Kier molecular flexibility index (Phi) is 6.13. The van der Waals surface area contributed by atoms with Gasteiger partial charge in [-0.25, -0.2) is 9.78 Å². The van der Waals surface area contributed by atoms with E-state index in [0.29, 0.717) is 38.5 Å². The van der Waals surface area contributed by atoms with E-state index in [1.54, 1.807) is 24.1 Å². The van der Waals surface area contributed by atoms with E-state index in [1.807, 2.05) is 38.1 Å². The first kappa shape index (κ1) is 19.7. The van der Waals surface area contributed by atoms with Gasteiger partial charge in [0.1, 0.15) is 5.69 Å². The lowest BCUT2D eigenvalue weighted by molar-refractivity contribution is 0.101. The van der Waals surface area contributed by atoms with E-state index in [1.165, 1.54) is 0 Å². The van der Waals surface area contributed by atoms with Gasteiger partial charge in [0.2, 0.25) is 0 Å². The Bertz CT molecular complexity index is 843. The first-order valence-electron chi connectivity index (χ1n) is 9.50. The molecule has 7 nitrogen and oxygen atoms in total. The Labute approximate surface area is 165 Å². The second kappa shape index (κ2) is 8.73. The number of ether oxygens (including phenoxy) is 1. The van der Waals surface area contributed by atoms with Crippen LogP contribution in [0.5, 0.6) is 0 Å². The van der Waals surface area contributed by atoms with E-state index < -0.39 is 0 Å². The number of carbonyl (C=O) groups is 2. The second-order valence-corrected chi connectivity index (χ2v) is 6.78. The summed E-state index contributed by atoms with van der Waals surface area (Å²) in [5.74, 6) is -0.229. The number of hydrogen-bond donors (Lipinski definition) is 1. The van der Waals surface area contributed by atoms with Crippen LogP contribution in [0, 0.1) is 13.8 Å². The molecule has 28 heavy (non-hydrogen) atoms. The fourth-order valence-electron chi connectivity index (χ4n) is 3.14. The molecule has 1 saturated heterocycles. The zero-order chi connectivity index (χ0) is 20.1. The molecule has 2 aromatic rings. The molecule has 1 fully saturated rings. The first-order chi connectivity index (χ1) is 13.5. The Morgan fingerprint density at radius 2 is 1.86 bits per heavy atom. The summed E-state index contributed by atoms with van der Waals surface area (Å²) in [6, 6.07) is 9.44. The molecule has 1 aliphatic heterocycles. The summed E-state index contributed by atoms with van der Waals surface area (Å²) >= 11 is 0. The number of aryl methyl sites for hydroxylation is 1. The van der Waals surface area contributed by atoms with Crippen LogP contribution < -0.4 is 10.2 Å². The summed E-state index contributed by atoms with van der Waals surface area (Å²) < 4.78 is 5.04. The molecular weight excluding hydrogens is 356 g/mol. The highest BCUT2D eigenvalue weighted by molar-refractivity contribution is 6.03. The van der Waals surface area contributed by atoms with E-state index in [2.05, 4.69) is 15.2 Å². The molecule has 0 radical (unpaired) electrons. The van der Waals surface area contributed by atoms with Crippen molar-refractivity contribution in [2.24, 2.45) is 0 Å². The number of aromatic nitrogens is 1. The molecule has 148 valence electrons. The minimum absolute atomic E-state index is 0.229. The van der Waals surface area contributed by atoms with Crippen molar-refractivity contribution >= 4 is 23.4 Å². The number of benzene rings is 1. The molecule has 0 unspecified atom stereocenters. The van der Waals surface area contributed by atoms with Gasteiger partial charge in [-0.1, -0.05) is 12.1 Å². The molecule has 3 rings (SSSR count). The minimum Gasteiger partial charge on any atom is -0.450 e. The zero-order valence-corrected chi connectivity index (χ0v) is 16.6. The van der Waals surface area contributed by atoms with Gasteiger partial charge in [-0.3, -0.25) is 4.79 Å². The van der Waals surface area contributed by atoms with Crippen LogP contribution in [0.4, 0.5) is 16.2 Å². The minimum atomic E-state index is -0.265. The normalized spacial score (nSPS) is 14.0. The van der Waals surface area contributed by atoms with E-state index in [4.69, 9.17) is 4.74 Å². The van der Waals surface area contributed by atoms with Crippen LogP contribution in [0.3, 0.4) is 0 Å². The van der Waals surface area contributed by atoms with Gasteiger partial charge < -0.3 is 19.9 Å². The van der Waals surface area contributed by atoms with Gasteiger partial charge in [0.25, 0.3) is 5.91 Å². The number of nitrogens with zero attached hydrogens (tertiary/aromatic N) is 3. The van der Waals surface area contributed by atoms with Crippen LogP contribution in [0.15, 0.2) is 36.5 Å². The lowest BCUT2D eigenvalue weighted by Gasteiger charge is -2.35. The number of hydrogen-bond acceptors (Lipinski definition) is 5. The number of pyridine rings is 1. The molecule has 0 spiro atoms. The summed E-state index contributed by atoms with van der Waals surface area (Å²) in [5, 5.41) is 2.92.